The van der Waals surface area contributed by atoms with Gasteiger partial charge in [-0.1, -0.05) is 30.3 Å². The minimum atomic E-state index is -0.879. The Morgan fingerprint density at radius 1 is 1.14 bits per heavy atom. The molecule has 2 aromatic carbocycles. The Hall–Kier alpha value is -2.86. The lowest BCUT2D eigenvalue weighted by Crippen LogP contribution is -2.45. The van der Waals surface area contributed by atoms with E-state index >= 15 is 0 Å². The predicted octanol–water partition coefficient (Wildman–Crippen LogP) is 2.86. The highest BCUT2D eigenvalue weighted by Crippen LogP contribution is 2.36. The van der Waals surface area contributed by atoms with Crippen molar-refractivity contribution in [2.24, 2.45) is 0 Å². The topological polar surface area (TPSA) is 59.1 Å². The number of nitrogens with zero attached hydrogens (tertiary/aromatic N) is 2. The normalized spacial score (nSPS) is 18.9. The standard InChI is InChI=1S/C23H28N2O4/c1-16(26)29-22-20(17-9-11-19(28-4)12-10-17)15-18-7-5-6-8-21(18)25(23(22)27)14-13-24(2)3/h5-12,20,22H,13-15H2,1-4H3/t20-,22+/m0/s1. The van der Waals surface area contributed by atoms with Crippen molar-refractivity contribution in [3.8, 4) is 5.75 Å². The lowest BCUT2D eigenvalue weighted by molar-refractivity contribution is -0.154. The predicted molar refractivity (Wildman–Crippen MR) is 112 cm³/mol. The zero-order chi connectivity index (χ0) is 21.0. The van der Waals surface area contributed by atoms with Crippen LogP contribution in [0.15, 0.2) is 48.5 Å². The van der Waals surface area contributed by atoms with Crippen molar-refractivity contribution < 1.29 is 19.1 Å². The van der Waals surface area contributed by atoms with Crippen LogP contribution < -0.4 is 9.64 Å². The largest absolute Gasteiger partial charge is 0.497 e. The number of amides is 1. The fourth-order valence-corrected chi connectivity index (χ4v) is 3.72. The van der Waals surface area contributed by atoms with E-state index in [4.69, 9.17) is 9.47 Å². The highest BCUT2D eigenvalue weighted by molar-refractivity contribution is 5.99. The highest BCUT2D eigenvalue weighted by Gasteiger charge is 2.39. The number of hydrogen-bond acceptors (Lipinski definition) is 5. The molecule has 0 aromatic heterocycles. The molecule has 6 heteroatoms. The van der Waals surface area contributed by atoms with Crippen LogP contribution in [0.25, 0.3) is 0 Å². The minimum Gasteiger partial charge on any atom is -0.497 e. The molecular formula is C23H28N2O4. The molecule has 3 rings (SSSR count). The summed E-state index contributed by atoms with van der Waals surface area (Å²) in [6.45, 7) is 2.58. The Morgan fingerprint density at radius 3 is 2.45 bits per heavy atom. The Balaban J connectivity index is 2.06. The van der Waals surface area contributed by atoms with Gasteiger partial charge in [0.1, 0.15) is 5.75 Å². The van der Waals surface area contributed by atoms with E-state index < -0.39 is 12.1 Å². The zero-order valence-corrected chi connectivity index (χ0v) is 17.4. The molecule has 1 aliphatic rings. The van der Waals surface area contributed by atoms with Crippen molar-refractivity contribution in [1.82, 2.24) is 4.90 Å². The van der Waals surface area contributed by atoms with Gasteiger partial charge in [-0.05, 0) is 49.8 Å². The maximum Gasteiger partial charge on any atom is 0.303 e. The number of anilines is 1. The van der Waals surface area contributed by atoms with Crippen LogP contribution >= 0.6 is 0 Å². The van der Waals surface area contributed by atoms with Crippen LogP contribution in [-0.4, -0.2) is 57.2 Å². The molecule has 0 bridgehead atoms. The van der Waals surface area contributed by atoms with E-state index in [2.05, 4.69) is 0 Å². The van der Waals surface area contributed by atoms with Crippen LogP contribution in [0.5, 0.6) is 5.75 Å². The fraction of sp³-hybridized carbons (Fsp3) is 0.391. The summed E-state index contributed by atoms with van der Waals surface area (Å²) >= 11 is 0. The fourth-order valence-electron chi connectivity index (χ4n) is 3.72. The number of benzene rings is 2. The number of esters is 1. The number of carbonyl (C=O) groups excluding carboxylic acids is 2. The van der Waals surface area contributed by atoms with Gasteiger partial charge in [0.2, 0.25) is 0 Å². The smallest absolute Gasteiger partial charge is 0.303 e. The van der Waals surface area contributed by atoms with E-state index in [1.54, 1.807) is 12.0 Å². The van der Waals surface area contributed by atoms with Gasteiger partial charge in [-0.15, -0.1) is 0 Å². The summed E-state index contributed by atoms with van der Waals surface area (Å²) in [5, 5.41) is 0. The molecule has 1 amide bonds. The highest BCUT2D eigenvalue weighted by atomic mass is 16.5. The van der Waals surface area contributed by atoms with Crippen molar-refractivity contribution in [2.75, 3.05) is 39.2 Å². The lowest BCUT2D eigenvalue weighted by Gasteiger charge is -2.29. The molecule has 0 aliphatic carbocycles. The summed E-state index contributed by atoms with van der Waals surface area (Å²) in [6, 6.07) is 15.5. The lowest BCUT2D eigenvalue weighted by atomic mass is 9.87. The molecule has 0 saturated carbocycles. The summed E-state index contributed by atoms with van der Waals surface area (Å²) in [6.07, 6.45) is -0.277. The van der Waals surface area contributed by atoms with E-state index in [1.165, 1.54) is 6.92 Å². The van der Waals surface area contributed by atoms with Gasteiger partial charge in [-0.2, -0.15) is 0 Å². The third kappa shape index (κ3) is 4.77. The van der Waals surface area contributed by atoms with Crippen LogP contribution in [0.4, 0.5) is 5.69 Å². The average molecular weight is 396 g/mol. The second-order valence-corrected chi connectivity index (χ2v) is 7.54. The van der Waals surface area contributed by atoms with Gasteiger partial charge < -0.3 is 19.3 Å². The number of hydrogen-bond donors (Lipinski definition) is 0. The third-order valence-electron chi connectivity index (χ3n) is 5.20. The van der Waals surface area contributed by atoms with Crippen LogP contribution in [0.2, 0.25) is 0 Å². The van der Waals surface area contributed by atoms with Gasteiger partial charge in [-0.25, -0.2) is 0 Å². The summed E-state index contributed by atoms with van der Waals surface area (Å²) in [4.78, 5) is 29.2. The van der Waals surface area contributed by atoms with Gasteiger partial charge in [0.15, 0.2) is 6.10 Å². The first-order valence-corrected chi connectivity index (χ1v) is 9.76. The molecule has 0 saturated heterocycles. The van der Waals surface area contributed by atoms with Gasteiger partial charge in [-0.3, -0.25) is 9.59 Å². The molecule has 0 fully saturated rings. The molecule has 0 spiro atoms. The molecule has 2 atom stereocenters. The summed E-state index contributed by atoms with van der Waals surface area (Å²) in [5.41, 5.74) is 2.89. The molecule has 1 aliphatic heterocycles. The monoisotopic (exact) mass is 396 g/mol. The Kier molecular flexibility index (Phi) is 6.54. The maximum absolute atomic E-state index is 13.6. The second-order valence-electron chi connectivity index (χ2n) is 7.54. The number of ether oxygens (including phenoxy) is 2. The van der Waals surface area contributed by atoms with Crippen molar-refractivity contribution >= 4 is 17.6 Å². The van der Waals surface area contributed by atoms with Gasteiger partial charge in [0.05, 0.1) is 7.11 Å². The molecule has 1 heterocycles. The average Bonchev–Trinajstić information content (AvgIpc) is 2.81. The second kappa shape index (κ2) is 9.09. The van der Waals surface area contributed by atoms with Gasteiger partial charge in [0, 0.05) is 31.6 Å². The first-order valence-electron chi connectivity index (χ1n) is 9.76. The van der Waals surface area contributed by atoms with Gasteiger partial charge in [0.25, 0.3) is 5.91 Å². The minimum absolute atomic E-state index is 0.187. The van der Waals surface area contributed by atoms with Crippen LogP contribution in [0.3, 0.4) is 0 Å². The molecule has 154 valence electrons. The van der Waals surface area contributed by atoms with Crippen molar-refractivity contribution in [3.63, 3.8) is 0 Å². The van der Waals surface area contributed by atoms with Gasteiger partial charge >= 0.3 is 5.97 Å². The summed E-state index contributed by atoms with van der Waals surface area (Å²) < 4.78 is 10.9. The molecule has 29 heavy (non-hydrogen) atoms. The SMILES string of the molecule is COc1ccc([C@@H]2Cc3ccccc3N(CCN(C)C)C(=O)[C@@H]2OC(C)=O)cc1. The number of methoxy groups -OCH3 is 1. The van der Waals surface area contributed by atoms with Crippen LogP contribution in [0, 0.1) is 0 Å². The number of fused-ring (bicyclic) bond motifs is 1. The Bertz CT molecular complexity index is 863. The molecule has 0 N–H and O–H groups in total. The molecular weight excluding hydrogens is 368 g/mol. The third-order valence-corrected chi connectivity index (χ3v) is 5.20. The van der Waals surface area contributed by atoms with E-state index in [1.807, 2.05) is 67.5 Å². The Morgan fingerprint density at radius 2 is 1.83 bits per heavy atom. The van der Waals surface area contributed by atoms with Crippen LogP contribution in [-0.2, 0) is 20.7 Å². The first-order chi connectivity index (χ1) is 13.9. The zero-order valence-electron chi connectivity index (χ0n) is 17.4. The molecule has 2 aromatic rings. The maximum atomic E-state index is 13.6. The molecule has 0 unspecified atom stereocenters. The summed E-state index contributed by atoms with van der Waals surface area (Å²) in [5.74, 6) is -0.179. The van der Waals surface area contributed by atoms with E-state index in [0.717, 1.165) is 22.6 Å². The molecule has 6 nitrogen and oxygen atoms in total. The number of para-hydroxylation sites is 1. The summed E-state index contributed by atoms with van der Waals surface area (Å²) in [7, 11) is 5.56. The quantitative estimate of drug-likeness (QED) is 0.703. The van der Waals surface area contributed by atoms with E-state index in [9.17, 15) is 9.59 Å². The Labute approximate surface area is 172 Å². The number of carbonyl (C=O) groups is 2. The van der Waals surface area contributed by atoms with Crippen molar-refractivity contribution in [2.45, 2.75) is 25.4 Å². The number of likely N-dealkylation sites (N-methyl/N-ethyl adjacent to an activating group) is 1. The number of rotatable bonds is 6. The van der Waals surface area contributed by atoms with Crippen molar-refractivity contribution in [3.05, 3.63) is 59.7 Å². The first kappa shape index (κ1) is 20.9. The van der Waals surface area contributed by atoms with E-state index in [-0.39, 0.29) is 11.8 Å². The van der Waals surface area contributed by atoms with Crippen LogP contribution in [0.1, 0.15) is 24.0 Å². The molecule has 0 radical (unpaired) electrons. The van der Waals surface area contributed by atoms with Crippen molar-refractivity contribution in [1.29, 1.82) is 0 Å². The van der Waals surface area contributed by atoms with E-state index in [0.29, 0.717) is 19.5 Å².